The molecule has 1 aromatic carbocycles. The van der Waals surface area contributed by atoms with Crippen LogP contribution in [0.15, 0.2) is 42.5 Å². The van der Waals surface area contributed by atoms with Gasteiger partial charge in [0.05, 0.1) is 6.61 Å². The van der Waals surface area contributed by atoms with Crippen LogP contribution >= 0.6 is 0 Å². The smallest absolute Gasteiger partial charge is 0.0647 e. The number of hydrogen-bond donors (Lipinski definition) is 1. The molecule has 1 aromatic rings. The van der Waals surface area contributed by atoms with Gasteiger partial charge in [0, 0.05) is 13.2 Å². The topological polar surface area (TPSA) is 35.2 Å². The van der Waals surface area contributed by atoms with Gasteiger partial charge in [0.2, 0.25) is 0 Å². The van der Waals surface area contributed by atoms with Gasteiger partial charge in [-0.15, -0.1) is 0 Å². The number of benzene rings is 1. The van der Waals surface area contributed by atoms with Crippen molar-refractivity contribution in [2.24, 2.45) is 5.73 Å². The molecule has 0 aromatic heterocycles. The summed E-state index contributed by atoms with van der Waals surface area (Å²) in [5.74, 6) is 0. The summed E-state index contributed by atoms with van der Waals surface area (Å²) in [6, 6.07) is 10.5. The van der Waals surface area contributed by atoms with Gasteiger partial charge < -0.3 is 10.5 Å². The van der Waals surface area contributed by atoms with Crippen LogP contribution in [0.25, 0.3) is 0 Å². The van der Waals surface area contributed by atoms with E-state index in [9.17, 15) is 0 Å². The van der Waals surface area contributed by atoms with Crippen molar-refractivity contribution in [3.05, 3.63) is 48.0 Å². The molecule has 0 aliphatic carbocycles. The second-order valence-electron chi connectivity index (χ2n) is 3.37. The molecular weight excluding hydrogens is 186 g/mol. The number of hydrogen-bond acceptors (Lipinski definition) is 2. The summed E-state index contributed by atoms with van der Waals surface area (Å²) >= 11 is 0. The highest BCUT2D eigenvalue weighted by molar-refractivity contribution is 5.14. The normalized spacial score (nSPS) is 11.0. The molecule has 0 radical (unpaired) electrons. The standard InChI is InChI=1S/C13H19NO/c14-10-4-5-11-15-12-6-9-13-7-2-1-3-8-13/h1-5,7-8H,6,9-12,14H2. The molecule has 0 amide bonds. The van der Waals surface area contributed by atoms with E-state index in [1.807, 2.05) is 18.2 Å². The molecule has 2 nitrogen and oxygen atoms in total. The van der Waals surface area contributed by atoms with E-state index < -0.39 is 0 Å². The Kier molecular flexibility index (Phi) is 6.54. The van der Waals surface area contributed by atoms with E-state index in [1.165, 1.54) is 5.56 Å². The summed E-state index contributed by atoms with van der Waals surface area (Å²) in [6.45, 7) is 2.07. The molecule has 0 aliphatic heterocycles. The lowest BCUT2D eigenvalue weighted by Gasteiger charge is -2.01. The Balaban J connectivity index is 2.00. The third-order valence-corrected chi connectivity index (χ3v) is 2.11. The minimum absolute atomic E-state index is 0.591. The molecule has 1 rings (SSSR count). The molecule has 0 fully saturated rings. The molecule has 2 N–H and O–H groups in total. The maximum Gasteiger partial charge on any atom is 0.0647 e. The molecule has 0 saturated carbocycles. The Morgan fingerprint density at radius 2 is 1.93 bits per heavy atom. The maximum atomic E-state index is 5.42. The van der Waals surface area contributed by atoms with E-state index in [-0.39, 0.29) is 0 Å². The van der Waals surface area contributed by atoms with Gasteiger partial charge in [0.25, 0.3) is 0 Å². The van der Waals surface area contributed by atoms with Crippen LogP contribution < -0.4 is 5.73 Å². The second kappa shape index (κ2) is 8.21. The fourth-order valence-electron chi connectivity index (χ4n) is 1.34. The molecule has 0 spiro atoms. The average Bonchev–Trinajstić information content (AvgIpc) is 2.29. The van der Waals surface area contributed by atoms with Crippen molar-refractivity contribution in [1.82, 2.24) is 0 Å². The molecule has 2 heteroatoms. The summed E-state index contributed by atoms with van der Waals surface area (Å²) in [4.78, 5) is 0. The lowest BCUT2D eigenvalue weighted by Crippen LogP contribution is -1.98. The first kappa shape index (κ1) is 12.0. The first-order valence-corrected chi connectivity index (χ1v) is 5.40. The molecule has 0 aliphatic rings. The fourth-order valence-corrected chi connectivity index (χ4v) is 1.34. The van der Waals surface area contributed by atoms with Crippen molar-refractivity contribution in [3.63, 3.8) is 0 Å². The zero-order valence-corrected chi connectivity index (χ0v) is 9.06. The summed E-state index contributed by atoms with van der Waals surface area (Å²) in [5, 5.41) is 0. The van der Waals surface area contributed by atoms with Gasteiger partial charge in [0.15, 0.2) is 0 Å². The Morgan fingerprint density at radius 3 is 2.67 bits per heavy atom. The molecule has 0 saturated heterocycles. The Hall–Kier alpha value is -1.12. The van der Waals surface area contributed by atoms with Crippen LogP contribution in [0.2, 0.25) is 0 Å². The summed E-state index contributed by atoms with van der Waals surface area (Å²) < 4.78 is 5.42. The van der Waals surface area contributed by atoms with Gasteiger partial charge >= 0.3 is 0 Å². The average molecular weight is 205 g/mol. The lowest BCUT2D eigenvalue weighted by molar-refractivity contribution is 0.159. The number of nitrogens with two attached hydrogens (primary N) is 1. The third-order valence-electron chi connectivity index (χ3n) is 2.11. The fraction of sp³-hybridized carbons (Fsp3) is 0.385. The molecular formula is C13H19NO. The van der Waals surface area contributed by atoms with Gasteiger partial charge in [-0.1, -0.05) is 42.5 Å². The number of rotatable bonds is 7. The highest BCUT2D eigenvalue weighted by atomic mass is 16.5. The van der Waals surface area contributed by atoms with Crippen molar-refractivity contribution < 1.29 is 4.74 Å². The summed E-state index contributed by atoms with van der Waals surface area (Å²) in [7, 11) is 0. The van der Waals surface area contributed by atoms with Gasteiger partial charge in [-0.05, 0) is 18.4 Å². The largest absolute Gasteiger partial charge is 0.377 e. The van der Waals surface area contributed by atoms with Crippen molar-refractivity contribution >= 4 is 0 Å². The monoisotopic (exact) mass is 205 g/mol. The Morgan fingerprint density at radius 1 is 1.13 bits per heavy atom. The minimum Gasteiger partial charge on any atom is -0.377 e. The minimum atomic E-state index is 0.591. The SMILES string of the molecule is NCC=CCOCCCc1ccccc1. The quantitative estimate of drug-likeness (QED) is 0.547. The van der Waals surface area contributed by atoms with Crippen LogP contribution in [0, 0.1) is 0 Å². The molecule has 15 heavy (non-hydrogen) atoms. The van der Waals surface area contributed by atoms with E-state index in [2.05, 4.69) is 24.3 Å². The predicted octanol–water partition coefficient (Wildman–Crippen LogP) is 2.15. The van der Waals surface area contributed by atoms with Crippen LogP contribution in [0.1, 0.15) is 12.0 Å². The maximum absolute atomic E-state index is 5.42. The van der Waals surface area contributed by atoms with Gasteiger partial charge in [0.1, 0.15) is 0 Å². The highest BCUT2D eigenvalue weighted by Gasteiger charge is 1.91. The van der Waals surface area contributed by atoms with E-state index >= 15 is 0 Å². The van der Waals surface area contributed by atoms with Gasteiger partial charge in [-0.2, -0.15) is 0 Å². The van der Waals surface area contributed by atoms with Crippen LogP contribution in [0.4, 0.5) is 0 Å². The Labute approximate surface area is 91.7 Å². The molecule has 0 atom stereocenters. The second-order valence-corrected chi connectivity index (χ2v) is 3.37. The van der Waals surface area contributed by atoms with Crippen molar-refractivity contribution in [1.29, 1.82) is 0 Å². The first-order chi connectivity index (χ1) is 7.43. The third kappa shape index (κ3) is 6.05. The predicted molar refractivity (Wildman–Crippen MR) is 63.8 cm³/mol. The van der Waals surface area contributed by atoms with Gasteiger partial charge in [-0.25, -0.2) is 0 Å². The van der Waals surface area contributed by atoms with E-state index in [1.54, 1.807) is 0 Å². The zero-order chi connectivity index (χ0) is 10.8. The molecule has 0 bridgehead atoms. The van der Waals surface area contributed by atoms with Crippen molar-refractivity contribution in [2.75, 3.05) is 19.8 Å². The first-order valence-electron chi connectivity index (χ1n) is 5.40. The zero-order valence-electron chi connectivity index (χ0n) is 9.06. The highest BCUT2D eigenvalue weighted by Crippen LogP contribution is 2.02. The molecule has 0 unspecified atom stereocenters. The van der Waals surface area contributed by atoms with Crippen LogP contribution in [-0.2, 0) is 11.2 Å². The van der Waals surface area contributed by atoms with Crippen LogP contribution in [0.3, 0.4) is 0 Å². The van der Waals surface area contributed by atoms with Crippen LogP contribution in [0.5, 0.6) is 0 Å². The van der Waals surface area contributed by atoms with Crippen LogP contribution in [-0.4, -0.2) is 19.8 Å². The Bertz CT molecular complexity index is 269. The van der Waals surface area contributed by atoms with Crippen molar-refractivity contribution in [3.8, 4) is 0 Å². The lowest BCUT2D eigenvalue weighted by atomic mass is 10.1. The van der Waals surface area contributed by atoms with Crippen molar-refractivity contribution in [2.45, 2.75) is 12.8 Å². The summed E-state index contributed by atoms with van der Waals surface area (Å²) in [6.07, 6.45) is 6.03. The molecule has 82 valence electrons. The van der Waals surface area contributed by atoms with E-state index in [0.717, 1.165) is 19.4 Å². The van der Waals surface area contributed by atoms with Gasteiger partial charge in [-0.3, -0.25) is 0 Å². The molecule has 0 heterocycles. The van der Waals surface area contributed by atoms with E-state index in [4.69, 9.17) is 10.5 Å². The van der Waals surface area contributed by atoms with E-state index in [0.29, 0.717) is 13.2 Å². The summed E-state index contributed by atoms with van der Waals surface area (Å²) in [5.41, 5.74) is 6.68. The number of ether oxygens (including phenoxy) is 1. The number of aryl methyl sites for hydroxylation is 1.